The van der Waals surface area contributed by atoms with Crippen LogP contribution in [0.2, 0.25) is 5.02 Å². The molecule has 0 saturated heterocycles. The highest BCUT2D eigenvalue weighted by Gasteiger charge is 2.46. The highest BCUT2D eigenvalue weighted by atomic mass is 35.5. The first-order valence-corrected chi connectivity index (χ1v) is 7.67. The van der Waals surface area contributed by atoms with Crippen molar-refractivity contribution in [2.45, 2.75) is 50.5 Å². The Morgan fingerprint density at radius 2 is 1.85 bits per heavy atom. The molecule has 20 heavy (non-hydrogen) atoms. The molecule has 110 valence electrons. The van der Waals surface area contributed by atoms with Crippen LogP contribution in [-0.4, -0.2) is 18.0 Å². The van der Waals surface area contributed by atoms with E-state index in [0.717, 1.165) is 30.7 Å². The molecule has 0 radical (unpaired) electrons. The second-order valence-electron chi connectivity index (χ2n) is 5.83. The average Bonchev–Trinajstić information content (AvgIpc) is 3.21. The molecule has 1 aromatic carbocycles. The number of carbonyl (C=O) groups is 1. The number of hydrogen-bond donors (Lipinski definition) is 2. The van der Waals surface area contributed by atoms with Crippen molar-refractivity contribution in [1.29, 1.82) is 0 Å². The lowest BCUT2D eigenvalue weighted by molar-refractivity contribution is -0.123. The van der Waals surface area contributed by atoms with Gasteiger partial charge in [0.2, 0.25) is 5.91 Å². The first kappa shape index (κ1) is 15.3. The summed E-state index contributed by atoms with van der Waals surface area (Å²) in [6.07, 6.45) is 3.52. The third-order valence-corrected chi connectivity index (χ3v) is 4.89. The van der Waals surface area contributed by atoms with E-state index in [1.54, 1.807) is 0 Å². The fourth-order valence-electron chi connectivity index (χ4n) is 2.60. The van der Waals surface area contributed by atoms with Crippen LogP contribution in [0.3, 0.4) is 0 Å². The van der Waals surface area contributed by atoms with Crippen molar-refractivity contribution in [3.05, 3.63) is 34.9 Å². The third-order valence-electron chi connectivity index (χ3n) is 4.64. The summed E-state index contributed by atoms with van der Waals surface area (Å²) < 4.78 is 0. The maximum Gasteiger partial charge on any atom is 0.240 e. The van der Waals surface area contributed by atoms with E-state index in [1.807, 2.05) is 12.1 Å². The molecule has 0 unspecified atom stereocenters. The van der Waals surface area contributed by atoms with Crippen molar-refractivity contribution in [2.75, 3.05) is 6.54 Å². The number of carbonyl (C=O) groups excluding carboxylic acids is 1. The molecular weight excluding hydrogens is 272 g/mol. The Morgan fingerprint density at radius 3 is 2.30 bits per heavy atom. The molecule has 1 saturated carbocycles. The van der Waals surface area contributed by atoms with E-state index >= 15 is 0 Å². The Balaban J connectivity index is 2.12. The van der Waals surface area contributed by atoms with Crippen LogP contribution in [-0.2, 0) is 10.2 Å². The Hall–Kier alpha value is -1.06. The Morgan fingerprint density at radius 1 is 1.30 bits per heavy atom. The molecular formula is C16H23ClN2O. The van der Waals surface area contributed by atoms with Crippen LogP contribution in [0.25, 0.3) is 0 Å². The minimum atomic E-state index is -0.604. The van der Waals surface area contributed by atoms with E-state index in [9.17, 15) is 4.79 Å². The van der Waals surface area contributed by atoms with Crippen LogP contribution in [0.4, 0.5) is 0 Å². The first-order chi connectivity index (χ1) is 9.46. The summed E-state index contributed by atoms with van der Waals surface area (Å²) in [5.41, 5.74) is 6.49. The van der Waals surface area contributed by atoms with E-state index < -0.39 is 5.54 Å². The normalized spacial score (nSPS) is 16.8. The zero-order chi connectivity index (χ0) is 14.8. The van der Waals surface area contributed by atoms with E-state index in [0.29, 0.717) is 6.54 Å². The van der Waals surface area contributed by atoms with Crippen LogP contribution in [0.5, 0.6) is 0 Å². The van der Waals surface area contributed by atoms with Crippen LogP contribution in [0.1, 0.15) is 45.1 Å². The van der Waals surface area contributed by atoms with E-state index in [-0.39, 0.29) is 11.3 Å². The van der Waals surface area contributed by atoms with Gasteiger partial charge in [0.25, 0.3) is 0 Å². The molecule has 0 bridgehead atoms. The van der Waals surface area contributed by atoms with Crippen LogP contribution >= 0.6 is 11.6 Å². The molecule has 1 fully saturated rings. The van der Waals surface area contributed by atoms with Crippen LogP contribution < -0.4 is 11.1 Å². The predicted octanol–water partition coefficient (Wildman–Crippen LogP) is 3.01. The van der Waals surface area contributed by atoms with Gasteiger partial charge in [-0.1, -0.05) is 37.6 Å². The first-order valence-electron chi connectivity index (χ1n) is 7.29. The lowest BCUT2D eigenvalue weighted by Gasteiger charge is -2.33. The highest BCUT2D eigenvalue weighted by molar-refractivity contribution is 6.30. The standard InChI is InChI=1S/C16H23ClN2O/c1-3-15(4-2,12-5-7-13(17)8-6-12)11-19-14(20)16(18)9-10-16/h5-8H,3-4,9-11,18H2,1-2H3,(H,19,20). The van der Waals surface area contributed by atoms with E-state index in [4.69, 9.17) is 17.3 Å². The molecule has 0 heterocycles. The molecule has 0 aliphatic heterocycles. The second-order valence-corrected chi connectivity index (χ2v) is 6.27. The monoisotopic (exact) mass is 294 g/mol. The zero-order valence-corrected chi connectivity index (χ0v) is 13.0. The van der Waals surface area contributed by atoms with E-state index in [1.165, 1.54) is 5.56 Å². The second kappa shape index (κ2) is 5.74. The number of benzene rings is 1. The Kier molecular flexibility index (Phi) is 4.40. The fraction of sp³-hybridized carbons (Fsp3) is 0.562. The summed E-state index contributed by atoms with van der Waals surface area (Å²) in [7, 11) is 0. The largest absolute Gasteiger partial charge is 0.354 e. The SMILES string of the molecule is CCC(CC)(CNC(=O)C1(N)CC1)c1ccc(Cl)cc1. The van der Waals surface area contributed by atoms with Gasteiger partial charge in [-0.25, -0.2) is 0 Å². The minimum absolute atomic E-state index is 0.0160. The van der Waals surface area contributed by atoms with Crippen molar-refractivity contribution in [3.63, 3.8) is 0 Å². The maximum atomic E-state index is 12.0. The molecule has 0 spiro atoms. The molecule has 1 aromatic rings. The molecule has 0 aromatic heterocycles. The number of rotatable bonds is 6. The summed E-state index contributed by atoms with van der Waals surface area (Å²) in [4.78, 5) is 12.0. The maximum absolute atomic E-state index is 12.0. The number of nitrogens with two attached hydrogens (primary N) is 1. The van der Waals surface area contributed by atoms with Gasteiger partial charge in [-0.15, -0.1) is 0 Å². The topological polar surface area (TPSA) is 55.1 Å². The third kappa shape index (κ3) is 2.99. The summed E-state index contributed by atoms with van der Waals surface area (Å²) >= 11 is 5.96. The van der Waals surface area contributed by atoms with Crippen LogP contribution in [0.15, 0.2) is 24.3 Å². The van der Waals surface area contributed by atoms with Crippen LogP contribution in [0, 0.1) is 0 Å². The summed E-state index contributed by atoms with van der Waals surface area (Å²) in [6, 6.07) is 7.92. The quantitative estimate of drug-likeness (QED) is 0.847. The number of amides is 1. The lowest BCUT2D eigenvalue weighted by Crippen LogP contribution is -2.48. The molecule has 1 aliphatic carbocycles. The molecule has 4 heteroatoms. The predicted molar refractivity (Wildman–Crippen MR) is 82.9 cm³/mol. The van der Waals surface area contributed by atoms with Gasteiger partial charge in [0.1, 0.15) is 0 Å². The van der Waals surface area contributed by atoms with Gasteiger partial charge in [-0.05, 0) is 43.4 Å². The minimum Gasteiger partial charge on any atom is -0.354 e. The Bertz CT molecular complexity index is 476. The zero-order valence-electron chi connectivity index (χ0n) is 12.2. The van der Waals surface area contributed by atoms with Gasteiger partial charge in [0.05, 0.1) is 5.54 Å². The van der Waals surface area contributed by atoms with Gasteiger partial charge < -0.3 is 11.1 Å². The van der Waals surface area contributed by atoms with Crippen molar-refractivity contribution in [3.8, 4) is 0 Å². The number of hydrogen-bond acceptors (Lipinski definition) is 2. The van der Waals surface area contributed by atoms with Gasteiger partial charge in [-0.2, -0.15) is 0 Å². The average molecular weight is 295 g/mol. The number of nitrogens with one attached hydrogen (secondary N) is 1. The van der Waals surface area contributed by atoms with Crippen molar-refractivity contribution in [2.24, 2.45) is 5.73 Å². The summed E-state index contributed by atoms with van der Waals surface area (Å²) in [5.74, 6) is -0.0160. The van der Waals surface area contributed by atoms with E-state index in [2.05, 4.69) is 31.3 Å². The van der Waals surface area contributed by atoms with Crippen molar-refractivity contribution >= 4 is 17.5 Å². The molecule has 3 nitrogen and oxygen atoms in total. The molecule has 3 N–H and O–H groups in total. The Labute approximate surface area is 125 Å². The molecule has 1 amide bonds. The fourth-order valence-corrected chi connectivity index (χ4v) is 2.73. The smallest absolute Gasteiger partial charge is 0.240 e. The lowest BCUT2D eigenvalue weighted by atomic mass is 9.75. The summed E-state index contributed by atoms with van der Waals surface area (Å²) in [6.45, 7) is 4.93. The molecule has 2 rings (SSSR count). The molecule has 1 aliphatic rings. The van der Waals surface area contributed by atoms with Gasteiger partial charge in [0.15, 0.2) is 0 Å². The highest BCUT2D eigenvalue weighted by Crippen LogP contribution is 2.34. The van der Waals surface area contributed by atoms with Gasteiger partial charge in [0, 0.05) is 17.0 Å². The van der Waals surface area contributed by atoms with Crippen molar-refractivity contribution < 1.29 is 4.79 Å². The van der Waals surface area contributed by atoms with Gasteiger partial charge >= 0.3 is 0 Å². The summed E-state index contributed by atoms with van der Waals surface area (Å²) in [5, 5.41) is 3.78. The number of halogens is 1. The van der Waals surface area contributed by atoms with Gasteiger partial charge in [-0.3, -0.25) is 4.79 Å². The molecule has 0 atom stereocenters. The van der Waals surface area contributed by atoms with Crippen molar-refractivity contribution in [1.82, 2.24) is 5.32 Å².